The van der Waals surface area contributed by atoms with Gasteiger partial charge in [-0.15, -0.1) is 11.3 Å². The zero-order chi connectivity index (χ0) is 15.0. The van der Waals surface area contributed by atoms with Crippen LogP contribution in [0.2, 0.25) is 4.34 Å². The Morgan fingerprint density at radius 1 is 1.24 bits per heavy atom. The van der Waals surface area contributed by atoms with Crippen molar-refractivity contribution < 1.29 is 9.59 Å². The summed E-state index contributed by atoms with van der Waals surface area (Å²) >= 11 is 7.44. The lowest BCUT2D eigenvalue weighted by atomic mass is 9.85. The van der Waals surface area contributed by atoms with Crippen molar-refractivity contribution in [3.8, 4) is 0 Å². The van der Waals surface area contributed by atoms with Crippen LogP contribution in [0.4, 0.5) is 0 Å². The van der Waals surface area contributed by atoms with E-state index in [1.165, 1.54) is 16.2 Å². The Morgan fingerprint density at radius 2 is 1.86 bits per heavy atom. The topological polar surface area (TPSA) is 40.6 Å². The van der Waals surface area contributed by atoms with Gasteiger partial charge in [-0.2, -0.15) is 0 Å². The quantitative estimate of drug-likeness (QED) is 0.631. The Labute approximate surface area is 133 Å². The molecule has 0 spiro atoms. The third kappa shape index (κ3) is 2.91. The van der Waals surface area contributed by atoms with Crippen LogP contribution in [0.1, 0.15) is 17.7 Å². The van der Waals surface area contributed by atoms with E-state index >= 15 is 0 Å². The maximum atomic E-state index is 12.4. The van der Waals surface area contributed by atoms with E-state index in [9.17, 15) is 9.59 Å². The number of hydrogen-bond donors (Lipinski definition) is 0. The van der Waals surface area contributed by atoms with Gasteiger partial charge in [-0.1, -0.05) is 23.8 Å². The molecule has 0 bridgehead atoms. The Bertz CT molecular complexity index is 572. The summed E-state index contributed by atoms with van der Waals surface area (Å²) in [5.74, 6) is -0.338. The molecular formula is C15H17ClN2O2S. The molecule has 1 saturated heterocycles. The van der Waals surface area contributed by atoms with Crippen molar-refractivity contribution in [2.24, 2.45) is 11.8 Å². The molecule has 0 radical (unpaired) electrons. The largest absolute Gasteiger partial charge is 0.284 e. The molecule has 3 rings (SSSR count). The van der Waals surface area contributed by atoms with E-state index in [-0.39, 0.29) is 23.7 Å². The van der Waals surface area contributed by atoms with E-state index in [4.69, 9.17) is 11.6 Å². The molecular weight excluding hydrogens is 308 g/mol. The van der Waals surface area contributed by atoms with Crippen molar-refractivity contribution in [1.82, 2.24) is 9.80 Å². The Morgan fingerprint density at radius 3 is 2.38 bits per heavy atom. The number of allylic oxidation sites excluding steroid dienone is 2. The van der Waals surface area contributed by atoms with Crippen LogP contribution in [0.3, 0.4) is 0 Å². The highest BCUT2D eigenvalue weighted by atomic mass is 35.5. The first-order chi connectivity index (χ1) is 10.1. The highest BCUT2D eigenvalue weighted by Gasteiger charge is 2.47. The molecule has 1 aromatic heterocycles. The number of carbonyl (C=O) groups excluding carboxylic acids is 2. The van der Waals surface area contributed by atoms with Crippen LogP contribution < -0.4 is 0 Å². The van der Waals surface area contributed by atoms with Gasteiger partial charge in [0.2, 0.25) is 11.8 Å². The summed E-state index contributed by atoms with van der Waals surface area (Å²) < 4.78 is 0.754. The first-order valence-corrected chi connectivity index (χ1v) is 8.18. The molecule has 1 aliphatic heterocycles. The number of fused-ring (bicyclic) bond motifs is 1. The average Bonchev–Trinajstić information content (AvgIpc) is 2.97. The molecule has 1 fully saturated rings. The summed E-state index contributed by atoms with van der Waals surface area (Å²) in [5.41, 5.74) is 0. The lowest BCUT2D eigenvalue weighted by molar-refractivity contribution is -0.142. The van der Waals surface area contributed by atoms with Gasteiger partial charge in [0.05, 0.1) is 22.8 Å². The lowest BCUT2D eigenvalue weighted by Crippen LogP contribution is -2.39. The second-order valence-corrected chi connectivity index (χ2v) is 7.42. The second-order valence-electron chi connectivity index (χ2n) is 5.62. The SMILES string of the molecule is CN(Cc1ccc(Cl)s1)CN1C(=O)[C@H]2CC=CC[C@@H]2C1=O. The summed E-state index contributed by atoms with van der Waals surface area (Å²) in [6.45, 7) is 1.03. The molecule has 2 heterocycles. The van der Waals surface area contributed by atoms with Gasteiger partial charge < -0.3 is 0 Å². The Kier molecular flexibility index (Phi) is 4.15. The Hall–Kier alpha value is -1.17. The molecule has 0 saturated carbocycles. The van der Waals surface area contributed by atoms with E-state index in [0.29, 0.717) is 26.1 Å². The molecule has 1 aromatic rings. The second kappa shape index (κ2) is 5.91. The van der Waals surface area contributed by atoms with Crippen LogP contribution in [0.25, 0.3) is 0 Å². The molecule has 112 valence electrons. The lowest BCUT2D eigenvalue weighted by Gasteiger charge is -2.22. The van der Waals surface area contributed by atoms with E-state index in [1.54, 1.807) is 0 Å². The van der Waals surface area contributed by atoms with Gasteiger partial charge in [-0.25, -0.2) is 0 Å². The molecule has 4 nitrogen and oxygen atoms in total. The van der Waals surface area contributed by atoms with E-state index in [2.05, 4.69) is 0 Å². The molecule has 2 aliphatic rings. The summed E-state index contributed by atoms with van der Waals surface area (Å²) in [7, 11) is 1.91. The predicted octanol–water partition coefficient (Wildman–Crippen LogP) is 2.74. The number of carbonyl (C=O) groups is 2. The first kappa shape index (κ1) is 14.8. The van der Waals surface area contributed by atoms with Gasteiger partial charge in [0, 0.05) is 11.4 Å². The minimum Gasteiger partial charge on any atom is -0.284 e. The number of hydrogen-bond acceptors (Lipinski definition) is 4. The van der Waals surface area contributed by atoms with Gasteiger partial charge in [0.25, 0.3) is 0 Å². The maximum Gasteiger partial charge on any atom is 0.234 e. The summed E-state index contributed by atoms with van der Waals surface area (Å²) in [4.78, 5) is 29.3. The summed E-state index contributed by atoms with van der Waals surface area (Å²) in [6.07, 6.45) is 5.40. The summed E-state index contributed by atoms with van der Waals surface area (Å²) in [5, 5.41) is 0. The van der Waals surface area contributed by atoms with Gasteiger partial charge in [0.1, 0.15) is 0 Å². The number of likely N-dealkylation sites (tertiary alicyclic amines) is 1. The average molecular weight is 325 g/mol. The number of imide groups is 1. The maximum absolute atomic E-state index is 12.4. The van der Waals surface area contributed by atoms with Crippen LogP contribution >= 0.6 is 22.9 Å². The fraction of sp³-hybridized carbons (Fsp3) is 0.467. The van der Waals surface area contributed by atoms with E-state index < -0.39 is 0 Å². The van der Waals surface area contributed by atoms with Crippen molar-refractivity contribution in [1.29, 1.82) is 0 Å². The predicted molar refractivity (Wildman–Crippen MR) is 82.9 cm³/mol. The zero-order valence-corrected chi connectivity index (χ0v) is 13.4. The highest BCUT2D eigenvalue weighted by molar-refractivity contribution is 7.16. The Balaban J connectivity index is 1.64. The molecule has 1 aliphatic carbocycles. The molecule has 2 atom stereocenters. The molecule has 6 heteroatoms. The standard InChI is InChI=1S/C15H17ClN2O2S/c1-17(8-10-6-7-13(16)21-10)9-18-14(19)11-4-2-3-5-12(11)15(18)20/h2-3,6-7,11-12H,4-5,8-9H2,1H3/t11-,12-/m0/s1. The van der Waals surface area contributed by atoms with Gasteiger partial charge >= 0.3 is 0 Å². The van der Waals surface area contributed by atoms with Crippen molar-refractivity contribution in [2.45, 2.75) is 19.4 Å². The van der Waals surface area contributed by atoms with Gasteiger partial charge in [-0.3, -0.25) is 19.4 Å². The number of amides is 2. The third-order valence-corrected chi connectivity index (χ3v) is 5.25. The van der Waals surface area contributed by atoms with E-state index in [0.717, 1.165) is 9.21 Å². The molecule has 0 N–H and O–H groups in total. The third-order valence-electron chi connectivity index (χ3n) is 4.04. The van der Waals surface area contributed by atoms with Crippen molar-refractivity contribution in [2.75, 3.05) is 13.7 Å². The molecule has 0 aromatic carbocycles. The molecule has 2 amide bonds. The van der Waals surface area contributed by atoms with Crippen molar-refractivity contribution >= 4 is 34.8 Å². The summed E-state index contributed by atoms with van der Waals surface area (Å²) in [6, 6.07) is 3.84. The molecule has 0 unspecified atom stereocenters. The van der Waals surface area contributed by atoms with E-state index in [1.807, 2.05) is 36.2 Å². The number of rotatable bonds is 4. The smallest absolute Gasteiger partial charge is 0.234 e. The minimum atomic E-state index is -0.146. The van der Waals surface area contributed by atoms with Crippen molar-refractivity contribution in [3.63, 3.8) is 0 Å². The fourth-order valence-electron chi connectivity index (χ4n) is 3.00. The van der Waals surface area contributed by atoms with Crippen LogP contribution in [0.15, 0.2) is 24.3 Å². The normalized spacial score (nSPS) is 25.0. The van der Waals surface area contributed by atoms with Crippen LogP contribution in [0, 0.1) is 11.8 Å². The van der Waals surface area contributed by atoms with Gasteiger partial charge in [-0.05, 0) is 32.0 Å². The zero-order valence-electron chi connectivity index (χ0n) is 11.8. The number of thiophene rings is 1. The number of nitrogens with zero attached hydrogens (tertiary/aromatic N) is 2. The highest BCUT2D eigenvalue weighted by Crippen LogP contribution is 2.35. The van der Waals surface area contributed by atoms with Crippen molar-refractivity contribution in [3.05, 3.63) is 33.5 Å². The molecule has 21 heavy (non-hydrogen) atoms. The fourth-order valence-corrected chi connectivity index (χ4v) is 4.17. The van der Waals surface area contributed by atoms with Crippen LogP contribution in [-0.2, 0) is 16.1 Å². The monoisotopic (exact) mass is 324 g/mol. The van der Waals surface area contributed by atoms with Gasteiger partial charge in [0.15, 0.2) is 0 Å². The number of halogens is 1. The van der Waals surface area contributed by atoms with Crippen LogP contribution in [-0.4, -0.2) is 35.3 Å². The van der Waals surface area contributed by atoms with Crippen LogP contribution in [0.5, 0.6) is 0 Å². The first-order valence-electron chi connectivity index (χ1n) is 6.99. The minimum absolute atomic E-state index is 0.0228.